The lowest BCUT2D eigenvalue weighted by Gasteiger charge is -2.41. The third kappa shape index (κ3) is 4.29. The van der Waals surface area contributed by atoms with Gasteiger partial charge in [-0.25, -0.2) is 4.79 Å². The summed E-state index contributed by atoms with van der Waals surface area (Å²) in [5.74, 6) is 0. The Bertz CT molecular complexity index is 1100. The SMILES string of the molecule is Cn1ncc2cc(C(F)(F)F)cc(COCC3(c4ccccc4)CCN(C(=O)O)CC3)c21. The Balaban J connectivity index is 1.58. The van der Waals surface area contributed by atoms with Gasteiger partial charge in [0.15, 0.2) is 0 Å². The second-order valence-corrected chi connectivity index (χ2v) is 8.25. The number of piperidine rings is 1. The van der Waals surface area contributed by atoms with E-state index in [1.807, 2.05) is 30.3 Å². The Labute approximate surface area is 183 Å². The van der Waals surface area contributed by atoms with Gasteiger partial charge in [-0.1, -0.05) is 30.3 Å². The average molecular weight is 447 g/mol. The van der Waals surface area contributed by atoms with Crippen molar-refractivity contribution >= 4 is 17.0 Å². The van der Waals surface area contributed by atoms with Crippen LogP contribution >= 0.6 is 0 Å². The first-order valence-electron chi connectivity index (χ1n) is 10.3. The number of aryl methyl sites for hydroxylation is 1. The molecule has 0 radical (unpaired) electrons. The van der Waals surface area contributed by atoms with E-state index in [1.54, 1.807) is 11.7 Å². The zero-order chi connectivity index (χ0) is 22.9. The zero-order valence-corrected chi connectivity index (χ0v) is 17.6. The molecule has 0 unspecified atom stereocenters. The third-order valence-corrected chi connectivity index (χ3v) is 6.25. The number of benzene rings is 2. The van der Waals surface area contributed by atoms with Crippen LogP contribution in [0.1, 0.15) is 29.5 Å². The first-order chi connectivity index (χ1) is 15.2. The van der Waals surface area contributed by atoms with Gasteiger partial charge in [-0.15, -0.1) is 0 Å². The number of rotatable bonds is 5. The molecule has 1 fully saturated rings. The van der Waals surface area contributed by atoms with Crippen molar-refractivity contribution in [3.8, 4) is 0 Å². The van der Waals surface area contributed by atoms with Gasteiger partial charge in [0.2, 0.25) is 0 Å². The summed E-state index contributed by atoms with van der Waals surface area (Å²) in [4.78, 5) is 12.7. The number of alkyl halides is 3. The molecule has 1 amide bonds. The van der Waals surface area contributed by atoms with E-state index in [-0.39, 0.29) is 13.2 Å². The Morgan fingerprint density at radius 3 is 2.50 bits per heavy atom. The number of aromatic nitrogens is 2. The molecule has 1 N–H and O–H groups in total. The van der Waals surface area contributed by atoms with Crippen LogP contribution < -0.4 is 0 Å². The van der Waals surface area contributed by atoms with Crippen molar-refractivity contribution < 1.29 is 27.8 Å². The molecule has 4 rings (SSSR count). The molecule has 0 saturated carbocycles. The smallest absolute Gasteiger partial charge is 0.416 e. The van der Waals surface area contributed by atoms with Gasteiger partial charge in [-0.2, -0.15) is 18.3 Å². The quantitative estimate of drug-likeness (QED) is 0.609. The van der Waals surface area contributed by atoms with E-state index in [4.69, 9.17) is 4.74 Å². The first kappa shape index (κ1) is 22.1. The van der Waals surface area contributed by atoms with E-state index >= 15 is 0 Å². The minimum Gasteiger partial charge on any atom is -0.465 e. The topological polar surface area (TPSA) is 67.6 Å². The summed E-state index contributed by atoms with van der Waals surface area (Å²) in [6, 6.07) is 11.9. The Morgan fingerprint density at radius 2 is 1.88 bits per heavy atom. The number of hydrogen-bond acceptors (Lipinski definition) is 3. The zero-order valence-electron chi connectivity index (χ0n) is 17.6. The molecule has 0 bridgehead atoms. The highest BCUT2D eigenvalue weighted by Crippen LogP contribution is 2.37. The fourth-order valence-electron chi connectivity index (χ4n) is 4.48. The number of ether oxygens (including phenoxy) is 1. The number of carbonyl (C=O) groups is 1. The van der Waals surface area contributed by atoms with E-state index < -0.39 is 23.2 Å². The van der Waals surface area contributed by atoms with Crippen molar-refractivity contribution in [1.29, 1.82) is 0 Å². The highest BCUT2D eigenvalue weighted by Gasteiger charge is 2.38. The molecule has 1 saturated heterocycles. The second-order valence-electron chi connectivity index (χ2n) is 8.25. The minimum absolute atomic E-state index is 0.00280. The van der Waals surface area contributed by atoms with Crippen molar-refractivity contribution in [3.05, 3.63) is 65.4 Å². The number of likely N-dealkylation sites (tertiary alicyclic amines) is 1. The Hall–Kier alpha value is -3.07. The molecule has 0 spiro atoms. The number of amides is 1. The van der Waals surface area contributed by atoms with Crippen LogP contribution in [-0.2, 0) is 30.0 Å². The van der Waals surface area contributed by atoms with Crippen LogP contribution in [0.4, 0.5) is 18.0 Å². The molecule has 3 aromatic rings. The number of carboxylic acid groups (broad SMARTS) is 1. The van der Waals surface area contributed by atoms with E-state index in [1.165, 1.54) is 11.1 Å². The molecule has 0 aliphatic carbocycles. The fraction of sp³-hybridized carbons (Fsp3) is 0.391. The van der Waals surface area contributed by atoms with Crippen LogP contribution in [0.15, 0.2) is 48.7 Å². The average Bonchev–Trinajstić information content (AvgIpc) is 3.15. The van der Waals surface area contributed by atoms with Gasteiger partial charge < -0.3 is 14.7 Å². The summed E-state index contributed by atoms with van der Waals surface area (Å²) >= 11 is 0. The molecule has 2 heterocycles. The summed E-state index contributed by atoms with van der Waals surface area (Å²) in [6.45, 7) is 1.03. The third-order valence-electron chi connectivity index (χ3n) is 6.25. The largest absolute Gasteiger partial charge is 0.465 e. The first-order valence-corrected chi connectivity index (χ1v) is 10.3. The maximum atomic E-state index is 13.4. The monoisotopic (exact) mass is 447 g/mol. The van der Waals surface area contributed by atoms with Gasteiger partial charge in [-0.05, 0) is 30.5 Å². The molecule has 9 heteroatoms. The fourth-order valence-corrected chi connectivity index (χ4v) is 4.48. The lowest BCUT2D eigenvalue weighted by Crippen LogP contribution is -2.47. The predicted molar refractivity (Wildman–Crippen MR) is 112 cm³/mol. The van der Waals surface area contributed by atoms with Gasteiger partial charge >= 0.3 is 12.3 Å². The predicted octanol–water partition coefficient (Wildman–Crippen LogP) is 4.82. The van der Waals surface area contributed by atoms with Crippen LogP contribution in [-0.4, -0.2) is 45.6 Å². The summed E-state index contributed by atoms with van der Waals surface area (Å²) in [5.41, 5.74) is 0.929. The van der Waals surface area contributed by atoms with Gasteiger partial charge in [-0.3, -0.25) is 4.68 Å². The van der Waals surface area contributed by atoms with Gasteiger partial charge in [0.05, 0.1) is 30.5 Å². The molecule has 32 heavy (non-hydrogen) atoms. The second kappa shape index (κ2) is 8.46. The Kier molecular flexibility index (Phi) is 5.85. The van der Waals surface area contributed by atoms with Crippen molar-refractivity contribution in [2.24, 2.45) is 7.05 Å². The molecule has 2 aromatic carbocycles. The van der Waals surface area contributed by atoms with Crippen molar-refractivity contribution in [1.82, 2.24) is 14.7 Å². The molecule has 0 atom stereocenters. The summed E-state index contributed by atoms with van der Waals surface area (Å²) in [6.07, 6.45) is -2.84. The van der Waals surface area contributed by atoms with Gasteiger partial charge in [0, 0.05) is 36.5 Å². The summed E-state index contributed by atoms with van der Waals surface area (Å²) in [5, 5.41) is 13.8. The van der Waals surface area contributed by atoms with Crippen molar-refractivity contribution in [3.63, 3.8) is 0 Å². The van der Waals surface area contributed by atoms with E-state index in [0.29, 0.717) is 42.4 Å². The highest BCUT2D eigenvalue weighted by atomic mass is 19.4. The van der Waals surface area contributed by atoms with Crippen LogP contribution in [0.2, 0.25) is 0 Å². The summed E-state index contributed by atoms with van der Waals surface area (Å²) < 4.78 is 47.7. The molecule has 170 valence electrons. The van der Waals surface area contributed by atoms with E-state index in [0.717, 1.165) is 17.7 Å². The molecular formula is C23H24F3N3O3. The number of nitrogens with zero attached hydrogens (tertiary/aromatic N) is 3. The number of halogens is 3. The van der Waals surface area contributed by atoms with Crippen LogP contribution in [0.25, 0.3) is 10.9 Å². The molecular weight excluding hydrogens is 423 g/mol. The lowest BCUT2D eigenvalue weighted by atomic mass is 9.73. The van der Waals surface area contributed by atoms with E-state index in [2.05, 4.69) is 5.10 Å². The van der Waals surface area contributed by atoms with E-state index in [9.17, 15) is 23.1 Å². The van der Waals surface area contributed by atoms with Crippen LogP contribution in [0.5, 0.6) is 0 Å². The number of fused-ring (bicyclic) bond motifs is 1. The lowest BCUT2D eigenvalue weighted by molar-refractivity contribution is -0.137. The normalized spacial score (nSPS) is 16.4. The summed E-state index contributed by atoms with van der Waals surface area (Å²) in [7, 11) is 1.69. The Morgan fingerprint density at radius 1 is 1.19 bits per heavy atom. The highest BCUT2D eigenvalue weighted by molar-refractivity contribution is 5.83. The van der Waals surface area contributed by atoms with Gasteiger partial charge in [0.25, 0.3) is 0 Å². The maximum Gasteiger partial charge on any atom is 0.416 e. The van der Waals surface area contributed by atoms with Gasteiger partial charge in [0.1, 0.15) is 0 Å². The van der Waals surface area contributed by atoms with Crippen LogP contribution in [0, 0.1) is 0 Å². The molecule has 6 nitrogen and oxygen atoms in total. The standard InChI is InChI=1S/C23H24F3N3O3/c1-28-20-16(13-27-28)11-19(23(24,25)26)12-17(20)14-32-15-22(18-5-3-2-4-6-18)7-9-29(10-8-22)21(30)31/h2-6,11-13H,7-10,14-15H2,1H3,(H,30,31). The molecule has 1 aliphatic rings. The minimum atomic E-state index is -4.46. The van der Waals surface area contributed by atoms with Crippen LogP contribution in [0.3, 0.4) is 0 Å². The molecule has 1 aliphatic heterocycles. The molecule has 1 aromatic heterocycles. The van der Waals surface area contributed by atoms with Crippen molar-refractivity contribution in [2.75, 3.05) is 19.7 Å². The van der Waals surface area contributed by atoms with Crippen molar-refractivity contribution in [2.45, 2.75) is 31.0 Å². The maximum absolute atomic E-state index is 13.4. The number of hydrogen-bond donors (Lipinski definition) is 1.